The molecule has 1 N–H and O–H groups in total. The zero-order valence-electron chi connectivity index (χ0n) is 25.2. The molecule has 2 heterocycles. The van der Waals surface area contributed by atoms with E-state index in [1.54, 1.807) is 13.2 Å². The standard InChI is InChI=1S/C35H35F3N2O5/c1-43-25-13-15-27-30(20-25)45-17-16-40-29-19-23(10-14-26(29)31(32(27)40)22-6-4-3-5-7-22)33(41)39-28(34(42)44-2)18-21-8-11-24(12-9-21)35(36,37)38/h8-15,19-20,22,28H,3-7,16-18H2,1-2H3,(H,39,41). The Labute approximate surface area is 259 Å². The van der Waals surface area contributed by atoms with Crippen molar-refractivity contribution in [2.75, 3.05) is 20.8 Å². The lowest BCUT2D eigenvalue weighted by molar-refractivity contribution is -0.143. The van der Waals surface area contributed by atoms with Gasteiger partial charge in [-0.25, -0.2) is 4.79 Å². The van der Waals surface area contributed by atoms with Gasteiger partial charge in [-0.3, -0.25) is 4.79 Å². The fourth-order valence-electron chi connectivity index (χ4n) is 6.68. The summed E-state index contributed by atoms with van der Waals surface area (Å²) in [5.74, 6) is 0.675. The fourth-order valence-corrected chi connectivity index (χ4v) is 6.68. The Morgan fingerprint density at radius 1 is 1.00 bits per heavy atom. The minimum Gasteiger partial charge on any atom is -0.497 e. The molecular formula is C35H35F3N2O5. The number of hydrogen-bond donors (Lipinski definition) is 1. The van der Waals surface area contributed by atoms with Gasteiger partial charge in [-0.1, -0.05) is 37.5 Å². The Balaban J connectivity index is 1.36. The molecule has 3 aromatic carbocycles. The number of ether oxygens (including phenoxy) is 3. The molecular weight excluding hydrogens is 585 g/mol. The number of carbonyl (C=O) groups excluding carboxylic acids is 2. The van der Waals surface area contributed by atoms with E-state index in [2.05, 4.69) is 9.88 Å². The first-order valence-corrected chi connectivity index (χ1v) is 15.2. The second kappa shape index (κ2) is 12.5. The van der Waals surface area contributed by atoms with Gasteiger partial charge in [0.2, 0.25) is 0 Å². The van der Waals surface area contributed by atoms with Crippen LogP contribution in [0.4, 0.5) is 13.2 Å². The molecule has 6 rings (SSSR count). The SMILES string of the molecule is COC(=O)C(Cc1ccc(C(F)(F)F)cc1)NC(=O)c1ccc2c(C3CCCCC3)c3n(c2c1)CCOc1cc(OC)ccc1-3. The van der Waals surface area contributed by atoms with Crippen LogP contribution in [-0.2, 0) is 28.7 Å². The molecule has 0 spiro atoms. The van der Waals surface area contributed by atoms with Crippen LogP contribution in [0.15, 0.2) is 60.7 Å². The molecule has 10 heteroatoms. The van der Waals surface area contributed by atoms with E-state index in [0.717, 1.165) is 65.7 Å². The molecule has 1 saturated carbocycles. The van der Waals surface area contributed by atoms with Crippen LogP contribution >= 0.6 is 0 Å². The van der Waals surface area contributed by atoms with Gasteiger partial charge in [-0.05, 0) is 66.3 Å². The summed E-state index contributed by atoms with van der Waals surface area (Å²) in [4.78, 5) is 26.2. The van der Waals surface area contributed by atoms with E-state index in [1.165, 1.54) is 31.2 Å². The summed E-state index contributed by atoms with van der Waals surface area (Å²) in [6.45, 7) is 1.02. The van der Waals surface area contributed by atoms with E-state index in [4.69, 9.17) is 14.2 Å². The number of nitrogens with zero attached hydrogens (tertiary/aromatic N) is 1. The number of hydrogen-bond acceptors (Lipinski definition) is 5. The molecule has 2 aliphatic rings. The maximum absolute atomic E-state index is 13.6. The third kappa shape index (κ3) is 6.10. The smallest absolute Gasteiger partial charge is 0.416 e. The molecule has 236 valence electrons. The van der Waals surface area contributed by atoms with Crippen molar-refractivity contribution >= 4 is 22.8 Å². The molecule has 1 unspecified atom stereocenters. The van der Waals surface area contributed by atoms with E-state index >= 15 is 0 Å². The van der Waals surface area contributed by atoms with Gasteiger partial charge in [-0.15, -0.1) is 0 Å². The number of methoxy groups -OCH3 is 2. The Hall–Kier alpha value is -4.47. The monoisotopic (exact) mass is 620 g/mol. The summed E-state index contributed by atoms with van der Waals surface area (Å²) in [6, 6.07) is 14.9. The minimum absolute atomic E-state index is 0.0251. The quantitative estimate of drug-likeness (QED) is 0.220. The number of benzene rings is 3. The first-order chi connectivity index (χ1) is 21.7. The molecule has 45 heavy (non-hydrogen) atoms. The molecule has 0 bridgehead atoms. The highest BCUT2D eigenvalue weighted by Gasteiger charge is 2.32. The number of amides is 1. The zero-order chi connectivity index (χ0) is 31.7. The molecule has 0 saturated heterocycles. The van der Waals surface area contributed by atoms with Crippen LogP contribution in [0.3, 0.4) is 0 Å². The second-order valence-electron chi connectivity index (χ2n) is 11.6. The Bertz CT molecular complexity index is 1720. The third-order valence-electron chi connectivity index (χ3n) is 8.91. The Kier molecular flexibility index (Phi) is 8.48. The van der Waals surface area contributed by atoms with Crippen LogP contribution < -0.4 is 14.8 Å². The molecule has 1 fully saturated rings. The van der Waals surface area contributed by atoms with Crippen molar-refractivity contribution in [1.29, 1.82) is 0 Å². The van der Waals surface area contributed by atoms with Gasteiger partial charge in [0, 0.05) is 34.5 Å². The predicted octanol–water partition coefficient (Wildman–Crippen LogP) is 7.29. The number of nitrogens with one attached hydrogen (secondary N) is 1. The van der Waals surface area contributed by atoms with Gasteiger partial charge in [-0.2, -0.15) is 13.2 Å². The van der Waals surface area contributed by atoms with Crippen molar-refractivity contribution in [2.24, 2.45) is 0 Å². The maximum atomic E-state index is 13.6. The Morgan fingerprint density at radius 3 is 2.44 bits per heavy atom. The molecule has 1 aromatic heterocycles. The zero-order valence-corrected chi connectivity index (χ0v) is 25.2. The number of aromatic nitrogens is 1. The van der Waals surface area contributed by atoms with Crippen molar-refractivity contribution < 1.29 is 37.0 Å². The molecule has 1 amide bonds. The summed E-state index contributed by atoms with van der Waals surface area (Å²) < 4.78 is 57.9. The first kappa shape index (κ1) is 30.6. The predicted molar refractivity (Wildman–Crippen MR) is 164 cm³/mol. The van der Waals surface area contributed by atoms with Crippen molar-refractivity contribution in [3.8, 4) is 22.8 Å². The van der Waals surface area contributed by atoms with Gasteiger partial charge < -0.3 is 24.1 Å². The normalized spacial score (nSPS) is 15.8. The van der Waals surface area contributed by atoms with E-state index in [0.29, 0.717) is 35.9 Å². The van der Waals surface area contributed by atoms with Crippen LogP contribution in [0.2, 0.25) is 0 Å². The van der Waals surface area contributed by atoms with Gasteiger partial charge in [0.05, 0.1) is 32.0 Å². The molecule has 1 atom stereocenters. The largest absolute Gasteiger partial charge is 0.497 e. The second-order valence-corrected chi connectivity index (χ2v) is 11.6. The lowest BCUT2D eigenvalue weighted by atomic mass is 9.81. The van der Waals surface area contributed by atoms with Crippen molar-refractivity contribution in [3.63, 3.8) is 0 Å². The van der Waals surface area contributed by atoms with Crippen LogP contribution in [0.25, 0.3) is 22.2 Å². The first-order valence-electron chi connectivity index (χ1n) is 15.2. The minimum atomic E-state index is -4.47. The molecule has 1 aliphatic carbocycles. The lowest BCUT2D eigenvalue weighted by Crippen LogP contribution is -2.43. The average molecular weight is 621 g/mol. The average Bonchev–Trinajstić information content (AvgIpc) is 3.25. The summed E-state index contributed by atoms with van der Waals surface area (Å²) in [5, 5.41) is 3.84. The van der Waals surface area contributed by atoms with Crippen LogP contribution in [0.5, 0.6) is 11.5 Å². The third-order valence-corrected chi connectivity index (χ3v) is 8.91. The number of esters is 1. The highest BCUT2D eigenvalue weighted by atomic mass is 19.4. The van der Waals surface area contributed by atoms with Crippen molar-refractivity contribution in [2.45, 2.75) is 63.2 Å². The van der Waals surface area contributed by atoms with Gasteiger partial charge in [0.1, 0.15) is 24.1 Å². The molecule has 0 radical (unpaired) electrons. The lowest BCUT2D eigenvalue weighted by Gasteiger charge is -2.23. The van der Waals surface area contributed by atoms with Gasteiger partial charge in [0.25, 0.3) is 5.91 Å². The van der Waals surface area contributed by atoms with E-state index in [9.17, 15) is 22.8 Å². The number of halogens is 3. The topological polar surface area (TPSA) is 78.8 Å². The Morgan fingerprint density at radius 2 is 1.76 bits per heavy atom. The van der Waals surface area contributed by atoms with E-state index in [1.807, 2.05) is 30.3 Å². The van der Waals surface area contributed by atoms with Crippen LogP contribution in [0, 0.1) is 0 Å². The number of fused-ring (bicyclic) bond motifs is 5. The summed E-state index contributed by atoms with van der Waals surface area (Å²) in [6.07, 6.45) is 1.23. The number of rotatable bonds is 7. The van der Waals surface area contributed by atoms with Crippen molar-refractivity contribution in [1.82, 2.24) is 9.88 Å². The molecule has 4 aromatic rings. The highest BCUT2D eigenvalue weighted by molar-refractivity contribution is 6.02. The number of alkyl halides is 3. The van der Waals surface area contributed by atoms with Gasteiger partial charge in [0.15, 0.2) is 0 Å². The maximum Gasteiger partial charge on any atom is 0.416 e. The van der Waals surface area contributed by atoms with Gasteiger partial charge >= 0.3 is 12.1 Å². The van der Waals surface area contributed by atoms with E-state index < -0.39 is 29.7 Å². The molecule has 7 nitrogen and oxygen atoms in total. The summed E-state index contributed by atoms with van der Waals surface area (Å²) in [7, 11) is 2.84. The molecule has 1 aliphatic heterocycles. The summed E-state index contributed by atoms with van der Waals surface area (Å²) in [5.41, 5.74) is 4.28. The fraction of sp³-hybridized carbons (Fsp3) is 0.371. The summed E-state index contributed by atoms with van der Waals surface area (Å²) >= 11 is 0. The highest BCUT2D eigenvalue weighted by Crippen LogP contribution is 2.47. The number of carbonyl (C=O) groups is 2. The van der Waals surface area contributed by atoms with Crippen LogP contribution in [-0.4, -0.2) is 43.3 Å². The van der Waals surface area contributed by atoms with E-state index in [-0.39, 0.29) is 6.42 Å². The van der Waals surface area contributed by atoms with Crippen LogP contribution in [0.1, 0.15) is 65.1 Å². The van der Waals surface area contributed by atoms with Crippen molar-refractivity contribution in [3.05, 3.63) is 82.9 Å².